The van der Waals surface area contributed by atoms with E-state index in [2.05, 4.69) is 23.5 Å². The zero-order chi connectivity index (χ0) is 12.4. The van der Waals surface area contributed by atoms with Gasteiger partial charge in [0.05, 0.1) is 0 Å². The van der Waals surface area contributed by atoms with E-state index in [0.29, 0.717) is 12.1 Å². The number of benzene rings is 1. The molecule has 0 unspecified atom stereocenters. The second-order valence-corrected chi connectivity index (χ2v) is 5.95. The average Bonchev–Trinajstić information content (AvgIpc) is 2.41. The zero-order valence-electron chi connectivity index (χ0n) is 11.1. The van der Waals surface area contributed by atoms with Gasteiger partial charge in [0.15, 0.2) is 0 Å². The molecule has 2 aliphatic rings. The first-order chi connectivity index (χ1) is 8.81. The van der Waals surface area contributed by atoms with E-state index < -0.39 is 0 Å². The molecule has 0 amide bonds. The van der Waals surface area contributed by atoms with Crippen LogP contribution in [-0.4, -0.2) is 12.1 Å². The maximum atomic E-state index is 5.95. The fourth-order valence-electron chi connectivity index (χ4n) is 3.32. The van der Waals surface area contributed by atoms with Crippen molar-refractivity contribution < 1.29 is 0 Å². The van der Waals surface area contributed by atoms with Crippen LogP contribution >= 0.6 is 0 Å². The summed E-state index contributed by atoms with van der Waals surface area (Å²) in [5, 5.41) is 3.70. The van der Waals surface area contributed by atoms with Crippen molar-refractivity contribution in [1.82, 2.24) is 0 Å². The summed E-state index contributed by atoms with van der Waals surface area (Å²) in [4.78, 5) is 0. The van der Waals surface area contributed by atoms with Crippen molar-refractivity contribution in [3.63, 3.8) is 0 Å². The van der Waals surface area contributed by atoms with Crippen molar-refractivity contribution in [1.29, 1.82) is 0 Å². The molecule has 1 fully saturated rings. The number of nitrogens with two attached hydrogens (primary N) is 1. The van der Waals surface area contributed by atoms with Gasteiger partial charge >= 0.3 is 0 Å². The Morgan fingerprint density at radius 3 is 2.44 bits per heavy atom. The van der Waals surface area contributed by atoms with E-state index in [1.165, 1.54) is 57.1 Å². The van der Waals surface area contributed by atoms with Crippen LogP contribution in [0.2, 0.25) is 0 Å². The molecule has 0 heterocycles. The topological polar surface area (TPSA) is 38.0 Å². The minimum Gasteiger partial charge on any atom is -0.382 e. The third kappa shape index (κ3) is 2.69. The third-order valence-electron chi connectivity index (χ3n) is 4.49. The van der Waals surface area contributed by atoms with Crippen molar-refractivity contribution >= 4 is 5.69 Å². The Morgan fingerprint density at radius 2 is 1.67 bits per heavy atom. The lowest BCUT2D eigenvalue weighted by Crippen LogP contribution is -2.32. The first-order valence-corrected chi connectivity index (χ1v) is 7.45. The molecule has 1 saturated carbocycles. The molecule has 0 radical (unpaired) electrons. The maximum Gasteiger partial charge on any atom is 0.0345 e. The van der Waals surface area contributed by atoms with Crippen molar-refractivity contribution in [3.8, 4) is 0 Å². The Bertz CT molecular complexity index is 406. The smallest absolute Gasteiger partial charge is 0.0345 e. The molecule has 0 spiro atoms. The normalized spacial score (nSPS) is 27.6. The van der Waals surface area contributed by atoms with E-state index in [1.54, 1.807) is 11.1 Å². The molecule has 2 nitrogen and oxygen atoms in total. The summed E-state index contributed by atoms with van der Waals surface area (Å²) in [5.74, 6) is 0. The summed E-state index contributed by atoms with van der Waals surface area (Å²) in [6.07, 6.45) is 10.0. The first-order valence-electron chi connectivity index (χ1n) is 7.45. The lowest BCUT2D eigenvalue weighted by Gasteiger charge is -2.28. The number of aryl methyl sites for hydroxylation is 2. The summed E-state index contributed by atoms with van der Waals surface area (Å²) in [6, 6.07) is 8.03. The summed E-state index contributed by atoms with van der Waals surface area (Å²) in [5.41, 5.74) is 10.4. The number of fused-ring (bicyclic) bond motifs is 1. The van der Waals surface area contributed by atoms with Gasteiger partial charge in [-0.05, 0) is 74.6 Å². The van der Waals surface area contributed by atoms with Crippen LogP contribution in [0.25, 0.3) is 0 Å². The highest BCUT2D eigenvalue weighted by atomic mass is 14.9. The summed E-state index contributed by atoms with van der Waals surface area (Å²) in [7, 11) is 0. The Kier molecular flexibility index (Phi) is 3.55. The van der Waals surface area contributed by atoms with Gasteiger partial charge in [0, 0.05) is 17.8 Å². The number of hydrogen-bond donors (Lipinski definition) is 2. The van der Waals surface area contributed by atoms with E-state index in [0.717, 1.165) is 0 Å². The van der Waals surface area contributed by atoms with Crippen LogP contribution in [0.15, 0.2) is 18.2 Å². The van der Waals surface area contributed by atoms with Gasteiger partial charge in [-0.3, -0.25) is 0 Å². The number of rotatable bonds is 2. The highest BCUT2D eigenvalue weighted by molar-refractivity contribution is 5.50. The third-order valence-corrected chi connectivity index (χ3v) is 4.49. The average molecular weight is 244 g/mol. The van der Waals surface area contributed by atoms with Crippen LogP contribution in [-0.2, 0) is 12.8 Å². The van der Waals surface area contributed by atoms with Crippen LogP contribution in [0.3, 0.4) is 0 Å². The fraction of sp³-hybridized carbons (Fsp3) is 0.625. The van der Waals surface area contributed by atoms with E-state index in [4.69, 9.17) is 5.73 Å². The van der Waals surface area contributed by atoms with Crippen LogP contribution in [0.1, 0.15) is 49.7 Å². The lowest BCUT2D eigenvalue weighted by molar-refractivity contribution is 0.411. The molecular formula is C16H24N2. The number of hydrogen-bond acceptors (Lipinski definition) is 2. The molecule has 98 valence electrons. The number of nitrogens with one attached hydrogen (secondary N) is 1. The summed E-state index contributed by atoms with van der Waals surface area (Å²) in [6.45, 7) is 0. The van der Waals surface area contributed by atoms with Crippen molar-refractivity contribution in [2.75, 3.05) is 5.32 Å². The predicted octanol–water partition coefficient (Wildman–Crippen LogP) is 3.25. The molecule has 2 heteroatoms. The van der Waals surface area contributed by atoms with E-state index in [1.807, 2.05) is 0 Å². The predicted molar refractivity (Wildman–Crippen MR) is 76.9 cm³/mol. The molecule has 3 N–H and O–H groups in total. The van der Waals surface area contributed by atoms with Crippen LogP contribution < -0.4 is 11.1 Å². The highest BCUT2D eigenvalue weighted by Crippen LogP contribution is 2.26. The molecule has 2 aliphatic carbocycles. The first kappa shape index (κ1) is 12.0. The van der Waals surface area contributed by atoms with E-state index in [9.17, 15) is 0 Å². The lowest BCUT2D eigenvalue weighted by atomic mass is 9.90. The molecule has 0 aromatic heterocycles. The van der Waals surface area contributed by atoms with E-state index >= 15 is 0 Å². The SMILES string of the molecule is NC1CCC(Nc2ccc3c(c2)CCCC3)CC1. The van der Waals surface area contributed by atoms with Gasteiger partial charge in [0.1, 0.15) is 0 Å². The van der Waals surface area contributed by atoms with Gasteiger partial charge in [-0.2, -0.15) is 0 Å². The fourth-order valence-corrected chi connectivity index (χ4v) is 3.32. The minimum absolute atomic E-state index is 0.437. The Morgan fingerprint density at radius 1 is 0.944 bits per heavy atom. The molecule has 0 atom stereocenters. The molecule has 1 aromatic carbocycles. The van der Waals surface area contributed by atoms with Crippen LogP contribution in [0, 0.1) is 0 Å². The van der Waals surface area contributed by atoms with Crippen molar-refractivity contribution in [2.24, 2.45) is 5.73 Å². The van der Waals surface area contributed by atoms with Gasteiger partial charge in [-0.1, -0.05) is 6.07 Å². The molecule has 1 aromatic rings. The van der Waals surface area contributed by atoms with Crippen LogP contribution in [0.5, 0.6) is 0 Å². The maximum absolute atomic E-state index is 5.95. The number of anilines is 1. The monoisotopic (exact) mass is 244 g/mol. The molecular weight excluding hydrogens is 220 g/mol. The largest absolute Gasteiger partial charge is 0.382 e. The Labute approximate surface area is 110 Å². The quantitative estimate of drug-likeness (QED) is 0.838. The molecule has 3 rings (SSSR count). The molecule has 0 bridgehead atoms. The molecule has 18 heavy (non-hydrogen) atoms. The second kappa shape index (κ2) is 5.31. The highest BCUT2D eigenvalue weighted by Gasteiger charge is 2.18. The summed E-state index contributed by atoms with van der Waals surface area (Å²) < 4.78 is 0. The standard InChI is InChI=1S/C16H24N2/c17-14-6-9-15(10-7-14)18-16-8-5-12-3-1-2-4-13(12)11-16/h5,8,11,14-15,18H,1-4,6-7,9-10,17H2. The minimum atomic E-state index is 0.437. The molecule has 0 saturated heterocycles. The van der Waals surface area contributed by atoms with Gasteiger partial charge < -0.3 is 11.1 Å². The van der Waals surface area contributed by atoms with E-state index in [-0.39, 0.29) is 0 Å². The zero-order valence-corrected chi connectivity index (χ0v) is 11.1. The Hall–Kier alpha value is -1.02. The van der Waals surface area contributed by atoms with Crippen molar-refractivity contribution in [2.45, 2.75) is 63.5 Å². The molecule has 0 aliphatic heterocycles. The van der Waals surface area contributed by atoms with Gasteiger partial charge in [-0.25, -0.2) is 0 Å². The van der Waals surface area contributed by atoms with Crippen LogP contribution in [0.4, 0.5) is 5.69 Å². The second-order valence-electron chi connectivity index (χ2n) is 5.95. The van der Waals surface area contributed by atoms with Gasteiger partial charge in [-0.15, -0.1) is 0 Å². The van der Waals surface area contributed by atoms with Crippen molar-refractivity contribution in [3.05, 3.63) is 29.3 Å². The van der Waals surface area contributed by atoms with Gasteiger partial charge in [0.2, 0.25) is 0 Å². The Balaban J connectivity index is 1.66. The summed E-state index contributed by atoms with van der Waals surface area (Å²) >= 11 is 0. The van der Waals surface area contributed by atoms with Gasteiger partial charge in [0.25, 0.3) is 0 Å².